The van der Waals surface area contributed by atoms with Crippen molar-refractivity contribution in [3.8, 4) is 0 Å². The summed E-state index contributed by atoms with van der Waals surface area (Å²) in [7, 11) is 0. The molecule has 0 spiro atoms. The maximum Gasteiger partial charge on any atom is 0.417 e. The number of hydrogen-bond donors (Lipinski definition) is 2. The minimum Gasteiger partial charge on any atom is -0.385 e. The number of benzene rings is 1. The fourth-order valence-corrected chi connectivity index (χ4v) is 2.31. The highest BCUT2D eigenvalue weighted by molar-refractivity contribution is 6.31. The highest BCUT2D eigenvalue weighted by Crippen LogP contribution is 2.36. The monoisotopic (exact) mass is 371 g/mol. The molecule has 1 amide bonds. The second kappa shape index (κ2) is 8.20. The van der Waals surface area contributed by atoms with E-state index in [-0.39, 0.29) is 11.4 Å². The lowest BCUT2D eigenvalue weighted by atomic mass is 10.2. The molecule has 0 atom stereocenters. The highest BCUT2D eigenvalue weighted by Gasteiger charge is 2.33. The summed E-state index contributed by atoms with van der Waals surface area (Å²) < 4.78 is 38.6. The van der Waals surface area contributed by atoms with E-state index in [2.05, 4.69) is 22.5 Å². The van der Waals surface area contributed by atoms with Gasteiger partial charge in [-0.1, -0.05) is 24.9 Å². The summed E-state index contributed by atoms with van der Waals surface area (Å²) in [6, 6.07) is 6.46. The predicted molar refractivity (Wildman–Crippen MR) is 92.0 cm³/mol. The van der Waals surface area contributed by atoms with Crippen molar-refractivity contribution in [2.24, 2.45) is 0 Å². The molecule has 0 saturated heterocycles. The van der Waals surface area contributed by atoms with E-state index < -0.39 is 22.7 Å². The first kappa shape index (κ1) is 19.1. The highest BCUT2D eigenvalue weighted by atomic mass is 35.5. The third-order valence-corrected chi connectivity index (χ3v) is 3.71. The quantitative estimate of drug-likeness (QED) is 0.684. The van der Waals surface area contributed by atoms with Crippen LogP contribution in [0.15, 0.2) is 36.5 Å². The van der Waals surface area contributed by atoms with Gasteiger partial charge in [0.15, 0.2) is 0 Å². The number of nitrogens with one attached hydrogen (secondary N) is 2. The van der Waals surface area contributed by atoms with Gasteiger partial charge >= 0.3 is 6.18 Å². The Hall–Kier alpha value is -2.28. The first-order valence-corrected chi connectivity index (χ1v) is 8.07. The van der Waals surface area contributed by atoms with E-state index in [1.807, 2.05) is 0 Å². The molecule has 2 aromatic rings. The smallest absolute Gasteiger partial charge is 0.385 e. The van der Waals surface area contributed by atoms with Crippen LogP contribution in [0.25, 0.3) is 0 Å². The number of carbonyl (C=O) groups is 1. The van der Waals surface area contributed by atoms with Gasteiger partial charge in [0.2, 0.25) is 0 Å². The largest absolute Gasteiger partial charge is 0.417 e. The summed E-state index contributed by atoms with van der Waals surface area (Å²) >= 11 is 5.56. The molecule has 0 fully saturated rings. The van der Waals surface area contributed by atoms with E-state index in [9.17, 15) is 18.0 Å². The third-order valence-electron chi connectivity index (χ3n) is 3.38. The van der Waals surface area contributed by atoms with Crippen LogP contribution in [0.3, 0.4) is 0 Å². The summed E-state index contributed by atoms with van der Waals surface area (Å²) in [5.74, 6) is -0.602. The van der Waals surface area contributed by atoms with E-state index in [1.165, 1.54) is 12.3 Å². The summed E-state index contributed by atoms with van der Waals surface area (Å²) in [5, 5.41) is 5.13. The Morgan fingerprint density at radius 3 is 2.64 bits per heavy atom. The SMILES string of the molecule is CCCCNc1ccnc(C(=O)Nc2ccc(Cl)c(C(F)(F)F)c2)c1. The molecule has 0 bridgehead atoms. The third kappa shape index (κ3) is 5.35. The molecule has 2 rings (SSSR count). The molecule has 4 nitrogen and oxygen atoms in total. The minimum atomic E-state index is -4.60. The number of amides is 1. The van der Waals surface area contributed by atoms with Crippen LogP contribution in [0.5, 0.6) is 0 Å². The molecule has 1 heterocycles. The first-order chi connectivity index (χ1) is 11.8. The molecule has 0 aliphatic rings. The number of pyridine rings is 1. The summed E-state index contributed by atoms with van der Waals surface area (Å²) in [4.78, 5) is 16.2. The van der Waals surface area contributed by atoms with Gasteiger partial charge in [-0.15, -0.1) is 0 Å². The normalized spacial score (nSPS) is 11.2. The number of anilines is 2. The van der Waals surface area contributed by atoms with Gasteiger partial charge in [0, 0.05) is 24.1 Å². The average molecular weight is 372 g/mol. The molecular formula is C17H17ClF3N3O. The molecule has 8 heteroatoms. The van der Waals surface area contributed by atoms with E-state index in [0.29, 0.717) is 0 Å². The Balaban J connectivity index is 2.13. The van der Waals surface area contributed by atoms with Crippen molar-refractivity contribution in [2.45, 2.75) is 25.9 Å². The Bertz CT molecular complexity index is 750. The van der Waals surface area contributed by atoms with Crippen molar-refractivity contribution >= 4 is 28.9 Å². The van der Waals surface area contributed by atoms with Crippen molar-refractivity contribution < 1.29 is 18.0 Å². The summed E-state index contributed by atoms with van der Waals surface area (Å²) in [5.41, 5.74) is -0.187. The zero-order valence-electron chi connectivity index (χ0n) is 13.5. The maximum absolute atomic E-state index is 12.9. The van der Waals surface area contributed by atoms with Crippen molar-refractivity contribution in [1.82, 2.24) is 4.98 Å². The molecule has 2 N–H and O–H groups in total. The van der Waals surface area contributed by atoms with Crippen molar-refractivity contribution in [3.05, 3.63) is 52.8 Å². The average Bonchev–Trinajstić information content (AvgIpc) is 2.56. The number of aromatic nitrogens is 1. The molecule has 25 heavy (non-hydrogen) atoms. The number of unbranched alkanes of at least 4 members (excludes halogenated alkanes) is 1. The molecule has 1 aromatic heterocycles. The number of alkyl halides is 3. The van der Waals surface area contributed by atoms with E-state index in [0.717, 1.165) is 37.2 Å². The molecule has 134 valence electrons. The fraction of sp³-hybridized carbons (Fsp3) is 0.294. The molecule has 0 aliphatic heterocycles. The number of halogens is 4. The van der Waals surface area contributed by atoms with E-state index in [1.54, 1.807) is 12.1 Å². The first-order valence-electron chi connectivity index (χ1n) is 7.69. The predicted octanol–water partition coefficient (Wildman–Crippen LogP) is 5.22. The molecule has 0 unspecified atom stereocenters. The van der Waals surface area contributed by atoms with Crippen LogP contribution in [0.1, 0.15) is 35.8 Å². The molecule has 0 radical (unpaired) electrons. The van der Waals surface area contributed by atoms with Crippen molar-refractivity contribution in [1.29, 1.82) is 0 Å². The van der Waals surface area contributed by atoms with Gasteiger partial charge in [-0.25, -0.2) is 0 Å². The lowest BCUT2D eigenvalue weighted by Gasteiger charge is -2.12. The summed E-state index contributed by atoms with van der Waals surface area (Å²) in [6.45, 7) is 2.82. The molecule has 1 aromatic carbocycles. The molecule has 0 aliphatic carbocycles. The fourth-order valence-electron chi connectivity index (χ4n) is 2.09. The van der Waals surface area contributed by atoms with Gasteiger partial charge in [0.1, 0.15) is 5.69 Å². The zero-order valence-corrected chi connectivity index (χ0v) is 14.2. The number of rotatable bonds is 6. The van der Waals surface area contributed by atoms with Crippen molar-refractivity contribution in [2.75, 3.05) is 17.2 Å². The molecule has 0 saturated carbocycles. The Labute approximate surface area is 148 Å². The molecular weight excluding hydrogens is 355 g/mol. The Morgan fingerprint density at radius 2 is 1.96 bits per heavy atom. The van der Waals surface area contributed by atoms with Crippen molar-refractivity contribution in [3.63, 3.8) is 0 Å². The number of hydrogen-bond acceptors (Lipinski definition) is 3. The maximum atomic E-state index is 12.9. The second-order valence-electron chi connectivity index (χ2n) is 5.36. The van der Waals surface area contributed by atoms with Gasteiger partial charge in [0.05, 0.1) is 10.6 Å². The van der Waals surface area contributed by atoms with Gasteiger partial charge in [-0.3, -0.25) is 9.78 Å². The van der Waals surface area contributed by atoms with E-state index in [4.69, 9.17) is 11.6 Å². The van der Waals surface area contributed by atoms with Gasteiger partial charge in [0.25, 0.3) is 5.91 Å². The van der Waals surface area contributed by atoms with Crippen LogP contribution in [0.2, 0.25) is 5.02 Å². The second-order valence-corrected chi connectivity index (χ2v) is 5.76. The Kier molecular flexibility index (Phi) is 6.25. The number of nitrogens with zero attached hydrogens (tertiary/aromatic N) is 1. The summed E-state index contributed by atoms with van der Waals surface area (Å²) in [6.07, 6.45) is -1.12. The van der Waals surface area contributed by atoms with Crippen LogP contribution < -0.4 is 10.6 Å². The standard InChI is InChI=1S/C17H17ClF3N3O/c1-2-3-7-22-11-6-8-23-15(10-11)16(25)24-12-4-5-14(18)13(9-12)17(19,20)21/h4-6,8-10H,2-3,7H2,1H3,(H,22,23)(H,24,25). The van der Waals surface area contributed by atoms with Gasteiger partial charge < -0.3 is 10.6 Å². The van der Waals surface area contributed by atoms with Gasteiger partial charge in [-0.05, 0) is 36.8 Å². The van der Waals surface area contributed by atoms with Crippen LogP contribution in [0.4, 0.5) is 24.5 Å². The zero-order chi connectivity index (χ0) is 18.4. The van der Waals surface area contributed by atoms with Gasteiger partial charge in [-0.2, -0.15) is 13.2 Å². The minimum absolute atomic E-state index is 0.00660. The van der Waals surface area contributed by atoms with Crippen LogP contribution in [-0.4, -0.2) is 17.4 Å². The Morgan fingerprint density at radius 1 is 1.20 bits per heavy atom. The lowest BCUT2D eigenvalue weighted by Crippen LogP contribution is -2.15. The lowest BCUT2D eigenvalue weighted by molar-refractivity contribution is -0.137. The topological polar surface area (TPSA) is 54.0 Å². The number of carbonyl (C=O) groups excluding carboxylic acids is 1. The van der Waals surface area contributed by atoms with Crippen LogP contribution >= 0.6 is 11.6 Å². The van der Waals surface area contributed by atoms with Crippen LogP contribution in [-0.2, 0) is 6.18 Å². The van der Waals surface area contributed by atoms with Crippen LogP contribution in [0, 0.1) is 0 Å². The van der Waals surface area contributed by atoms with E-state index >= 15 is 0 Å².